The molecule has 2 aliphatic rings. The van der Waals surface area contributed by atoms with Crippen LogP contribution in [-0.4, -0.2) is 10.7 Å². The topological polar surface area (TPSA) is 15.6 Å². The van der Waals surface area contributed by atoms with Crippen LogP contribution in [0.2, 0.25) is 0 Å². The van der Waals surface area contributed by atoms with Crippen LogP contribution in [0.3, 0.4) is 0 Å². The highest BCUT2D eigenvalue weighted by Gasteiger charge is 2.18. The molecular formula is C14H14N2. The highest BCUT2D eigenvalue weighted by atomic mass is 15.2. The second kappa shape index (κ2) is 3.34. The summed E-state index contributed by atoms with van der Waals surface area (Å²) in [7, 11) is 0. The summed E-state index contributed by atoms with van der Waals surface area (Å²) >= 11 is 0. The van der Waals surface area contributed by atoms with Crippen molar-refractivity contribution in [3.05, 3.63) is 53.3 Å². The Hall–Kier alpha value is -1.83. The molecular weight excluding hydrogens is 196 g/mol. The molecule has 2 aliphatic heterocycles. The molecule has 0 aliphatic carbocycles. The van der Waals surface area contributed by atoms with Crippen molar-refractivity contribution in [3.8, 4) is 0 Å². The Labute approximate surface area is 95.6 Å². The fourth-order valence-corrected chi connectivity index (χ4v) is 2.33. The summed E-state index contributed by atoms with van der Waals surface area (Å²) in [6.07, 6.45) is 8.22. The van der Waals surface area contributed by atoms with Crippen molar-refractivity contribution < 1.29 is 0 Å². The second-order valence-electron chi connectivity index (χ2n) is 4.39. The Bertz CT molecular complexity index is 536. The number of hydrogen-bond donors (Lipinski definition) is 0. The number of aliphatic imine (C=N–C) groups is 1. The average Bonchev–Trinajstić information content (AvgIpc) is 2.27. The quantitative estimate of drug-likeness (QED) is 0.642. The van der Waals surface area contributed by atoms with Crippen LogP contribution in [0.1, 0.15) is 16.7 Å². The molecule has 0 fully saturated rings. The number of rotatable bonds is 0. The van der Waals surface area contributed by atoms with Gasteiger partial charge in [-0.2, -0.15) is 0 Å². The Morgan fingerprint density at radius 2 is 2.06 bits per heavy atom. The first-order valence-corrected chi connectivity index (χ1v) is 5.54. The first-order chi connectivity index (χ1) is 7.74. The molecule has 2 nitrogen and oxygen atoms in total. The van der Waals surface area contributed by atoms with Crippen molar-refractivity contribution in [2.45, 2.75) is 20.4 Å². The number of benzene rings is 1. The third-order valence-electron chi connectivity index (χ3n) is 3.01. The van der Waals surface area contributed by atoms with Crippen molar-refractivity contribution in [2.24, 2.45) is 4.99 Å². The number of allylic oxidation sites excluding steroid dienone is 2. The van der Waals surface area contributed by atoms with Gasteiger partial charge < -0.3 is 4.90 Å². The maximum atomic E-state index is 4.71. The molecule has 0 aromatic heterocycles. The minimum atomic E-state index is 0.928. The molecule has 80 valence electrons. The van der Waals surface area contributed by atoms with Crippen LogP contribution in [0.15, 0.2) is 41.6 Å². The molecule has 0 atom stereocenters. The van der Waals surface area contributed by atoms with Gasteiger partial charge in [0.05, 0.1) is 12.2 Å². The van der Waals surface area contributed by atoms with Crippen molar-refractivity contribution in [2.75, 3.05) is 0 Å². The van der Waals surface area contributed by atoms with Gasteiger partial charge >= 0.3 is 0 Å². The lowest BCUT2D eigenvalue weighted by Gasteiger charge is -2.28. The van der Waals surface area contributed by atoms with Gasteiger partial charge in [0, 0.05) is 6.20 Å². The van der Waals surface area contributed by atoms with Crippen LogP contribution in [-0.2, 0) is 6.54 Å². The van der Waals surface area contributed by atoms with Crippen LogP contribution >= 0.6 is 0 Å². The molecule has 1 aromatic rings. The van der Waals surface area contributed by atoms with E-state index < -0.39 is 0 Å². The van der Waals surface area contributed by atoms with Gasteiger partial charge in [-0.3, -0.25) is 0 Å². The van der Waals surface area contributed by atoms with Gasteiger partial charge in [0.25, 0.3) is 0 Å². The van der Waals surface area contributed by atoms with Gasteiger partial charge in [0.15, 0.2) is 0 Å². The molecule has 16 heavy (non-hydrogen) atoms. The maximum absolute atomic E-state index is 4.71. The molecule has 2 heterocycles. The summed E-state index contributed by atoms with van der Waals surface area (Å²) in [4.78, 5) is 6.89. The predicted molar refractivity (Wildman–Crippen MR) is 66.8 cm³/mol. The number of hydrogen-bond acceptors (Lipinski definition) is 2. The molecule has 0 radical (unpaired) electrons. The zero-order valence-electron chi connectivity index (χ0n) is 9.57. The summed E-state index contributed by atoms with van der Waals surface area (Å²) in [5, 5.41) is 0. The largest absolute Gasteiger partial charge is 0.329 e. The second-order valence-corrected chi connectivity index (χ2v) is 4.39. The van der Waals surface area contributed by atoms with E-state index in [-0.39, 0.29) is 0 Å². The van der Waals surface area contributed by atoms with Crippen LogP contribution in [0.5, 0.6) is 0 Å². The van der Waals surface area contributed by atoms with Gasteiger partial charge in [0.1, 0.15) is 5.84 Å². The van der Waals surface area contributed by atoms with Gasteiger partial charge in [-0.05, 0) is 37.1 Å². The van der Waals surface area contributed by atoms with E-state index in [9.17, 15) is 0 Å². The highest BCUT2D eigenvalue weighted by molar-refractivity contribution is 5.98. The standard InChI is InChI=1S/C14H14N2/c1-10-7-11(2)14-12(8-10)9-16-6-4-3-5-13(16)15-14/h3-8H,9H2,1-2H3. The molecule has 0 unspecified atom stereocenters. The highest BCUT2D eigenvalue weighted by Crippen LogP contribution is 2.31. The van der Waals surface area contributed by atoms with Crippen LogP contribution < -0.4 is 0 Å². The lowest BCUT2D eigenvalue weighted by molar-refractivity contribution is 0.544. The molecule has 0 amide bonds. The number of aryl methyl sites for hydroxylation is 2. The Balaban J connectivity index is 2.17. The monoisotopic (exact) mass is 210 g/mol. The number of amidine groups is 1. The molecule has 0 saturated carbocycles. The van der Waals surface area contributed by atoms with Crippen LogP contribution in [0, 0.1) is 13.8 Å². The van der Waals surface area contributed by atoms with Crippen molar-refractivity contribution >= 4 is 11.5 Å². The zero-order valence-corrected chi connectivity index (χ0v) is 9.57. The Morgan fingerprint density at radius 3 is 2.94 bits per heavy atom. The summed E-state index contributed by atoms with van der Waals surface area (Å²) in [6, 6.07) is 4.43. The van der Waals surface area contributed by atoms with E-state index in [2.05, 4.69) is 43.2 Å². The van der Waals surface area contributed by atoms with Gasteiger partial charge in [0.2, 0.25) is 0 Å². The van der Waals surface area contributed by atoms with E-state index >= 15 is 0 Å². The van der Waals surface area contributed by atoms with Crippen LogP contribution in [0.25, 0.3) is 0 Å². The molecule has 1 aromatic carbocycles. The summed E-state index contributed by atoms with van der Waals surface area (Å²) < 4.78 is 0. The van der Waals surface area contributed by atoms with Crippen molar-refractivity contribution in [1.29, 1.82) is 0 Å². The summed E-state index contributed by atoms with van der Waals surface area (Å²) in [5.74, 6) is 1.04. The molecule has 0 bridgehead atoms. The number of fused-ring (bicyclic) bond motifs is 2. The SMILES string of the molecule is Cc1cc(C)c2c(c1)CN1C=CC=CC1=N2. The third kappa shape index (κ3) is 1.38. The molecule has 0 saturated heterocycles. The fourth-order valence-electron chi connectivity index (χ4n) is 2.33. The summed E-state index contributed by atoms with van der Waals surface area (Å²) in [6.45, 7) is 5.20. The Morgan fingerprint density at radius 1 is 1.19 bits per heavy atom. The van der Waals surface area contributed by atoms with Gasteiger partial charge in [-0.1, -0.05) is 23.8 Å². The van der Waals surface area contributed by atoms with Crippen molar-refractivity contribution in [3.63, 3.8) is 0 Å². The van der Waals surface area contributed by atoms with E-state index in [0.717, 1.165) is 18.1 Å². The normalized spacial score (nSPS) is 16.9. The predicted octanol–water partition coefficient (Wildman–Crippen LogP) is 3.23. The van der Waals surface area contributed by atoms with E-state index in [4.69, 9.17) is 4.99 Å². The fraction of sp³-hybridized carbons (Fsp3) is 0.214. The molecule has 0 N–H and O–H groups in total. The average molecular weight is 210 g/mol. The van der Waals surface area contributed by atoms with Crippen LogP contribution in [0.4, 0.5) is 5.69 Å². The smallest absolute Gasteiger partial charge is 0.133 e. The lowest BCUT2D eigenvalue weighted by atomic mass is 10.0. The number of nitrogens with zero attached hydrogens (tertiary/aromatic N) is 2. The lowest BCUT2D eigenvalue weighted by Crippen LogP contribution is -2.27. The Kier molecular flexibility index (Phi) is 1.96. The minimum absolute atomic E-state index is 0.928. The molecule has 0 spiro atoms. The zero-order chi connectivity index (χ0) is 11.1. The molecule has 3 rings (SSSR count). The minimum Gasteiger partial charge on any atom is -0.329 e. The first kappa shape index (κ1) is 9.40. The maximum Gasteiger partial charge on any atom is 0.133 e. The van der Waals surface area contributed by atoms with E-state index in [1.165, 1.54) is 16.7 Å². The van der Waals surface area contributed by atoms with E-state index in [0.29, 0.717) is 0 Å². The third-order valence-corrected chi connectivity index (χ3v) is 3.01. The van der Waals surface area contributed by atoms with Crippen molar-refractivity contribution in [1.82, 2.24) is 4.90 Å². The molecule has 2 heteroatoms. The van der Waals surface area contributed by atoms with E-state index in [1.54, 1.807) is 0 Å². The van der Waals surface area contributed by atoms with E-state index in [1.807, 2.05) is 12.2 Å². The van der Waals surface area contributed by atoms with Gasteiger partial charge in [-0.25, -0.2) is 4.99 Å². The summed E-state index contributed by atoms with van der Waals surface area (Å²) in [5.41, 5.74) is 5.05. The first-order valence-electron chi connectivity index (χ1n) is 5.54. The van der Waals surface area contributed by atoms with Gasteiger partial charge in [-0.15, -0.1) is 0 Å².